The van der Waals surface area contributed by atoms with Crippen molar-refractivity contribution in [3.05, 3.63) is 28.3 Å². The van der Waals surface area contributed by atoms with E-state index >= 15 is 0 Å². The van der Waals surface area contributed by atoms with E-state index in [1.807, 2.05) is 19.1 Å². The number of rotatable bonds is 6. The Kier molecular flexibility index (Phi) is 6.14. The van der Waals surface area contributed by atoms with Crippen molar-refractivity contribution in [2.24, 2.45) is 0 Å². The van der Waals surface area contributed by atoms with Crippen LogP contribution in [-0.2, 0) is 0 Å². The van der Waals surface area contributed by atoms with Crippen LogP contribution in [0.2, 0.25) is 5.02 Å². The first kappa shape index (κ1) is 15.6. The van der Waals surface area contributed by atoms with E-state index in [0.717, 1.165) is 48.0 Å². The van der Waals surface area contributed by atoms with Crippen LogP contribution in [0.15, 0.2) is 12.1 Å². The molecule has 1 N–H and O–H groups in total. The molecule has 1 fully saturated rings. The fourth-order valence-electron chi connectivity index (χ4n) is 2.47. The van der Waals surface area contributed by atoms with E-state index in [4.69, 9.17) is 16.3 Å². The Balaban J connectivity index is 1.67. The lowest BCUT2D eigenvalue weighted by Crippen LogP contribution is -2.43. The predicted molar refractivity (Wildman–Crippen MR) is 85.0 cm³/mol. The van der Waals surface area contributed by atoms with Crippen LogP contribution in [0, 0.1) is 13.8 Å². The molecule has 1 aromatic rings. The third kappa shape index (κ3) is 4.37. The topological polar surface area (TPSA) is 24.5 Å². The zero-order valence-electron chi connectivity index (χ0n) is 12.5. The molecule has 2 rings (SSSR count). The minimum atomic E-state index is 0.786. The van der Waals surface area contributed by atoms with E-state index in [1.54, 1.807) is 0 Å². The van der Waals surface area contributed by atoms with Crippen molar-refractivity contribution in [2.75, 3.05) is 39.3 Å². The smallest absolute Gasteiger partial charge is 0.122 e. The maximum atomic E-state index is 6.09. The van der Waals surface area contributed by atoms with Gasteiger partial charge in [-0.3, -0.25) is 0 Å². The first-order chi connectivity index (χ1) is 9.68. The highest BCUT2D eigenvalue weighted by Crippen LogP contribution is 2.27. The molecule has 4 heteroatoms. The van der Waals surface area contributed by atoms with Crippen molar-refractivity contribution >= 4 is 11.6 Å². The zero-order chi connectivity index (χ0) is 14.4. The average Bonchev–Trinajstić information content (AvgIpc) is 2.48. The van der Waals surface area contributed by atoms with E-state index in [1.165, 1.54) is 26.1 Å². The standard InChI is InChI=1S/C16H25ClN2O/c1-13-14(2)16(6-5-15(13)17)20-12-4-3-9-19-10-7-18-8-11-19/h5-6,18H,3-4,7-12H2,1-2H3. The van der Waals surface area contributed by atoms with Crippen LogP contribution in [-0.4, -0.2) is 44.2 Å². The van der Waals surface area contributed by atoms with Crippen LogP contribution >= 0.6 is 11.6 Å². The first-order valence-corrected chi connectivity index (χ1v) is 7.88. The normalized spacial score (nSPS) is 16.4. The number of nitrogens with zero attached hydrogens (tertiary/aromatic N) is 1. The van der Waals surface area contributed by atoms with Crippen LogP contribution in [0.5, 0.6) is 5.75 Å². The summed E-state index contributed by atoms with van der Waals surface area (Å²) in [6.45, 7) is 10.7. The zero-order valence-corrected chi connectivity index (χ0v) is 13.3. The molecule has 0 amide bonds. The number of hydrogen-bond donors (Lipinski definition) is 1. The molecule has 20 heavy (non-hydrogen) atoms. The van der Waals surface area contributed by atoms with Crippen molar-refractivity contribution in [1.29, 1.82) is 0 Å². The Bertz CT molecular complexity index is 431. The van der Waals surface area contributed by atoms with Gasteiger partial charge < -0.3 is 15.0 Å². The highest BCUT2D eigenvalue weighted by Gasteiger charge is 2.09. The molecule has 0 aliphatic carbocycles. The van der Waals surface area contributed by atoms with Crippen molar-refractivity contribution in [3.8, 4) is 5.75 Å². The Labute approximate surface area is 127 Å². The monoisotopic (exact) mass is 296 g/mol. The van der Waals surface area contributed by atoms with E-state index in [2.05, 4.69) is 17.1 Å². The molecule has 3 nitrogen and oxygen atoms in total. The van der Waals surface area contributed by atoms with E-state index in [-0.39, 0.29) is 0 Å². The fraction of sp³-hybridized carbons (Fsp3) is 0.625. The number of unbranched alkanes of at least 4 members (excludes halogenated alkanes) is 1. The van der Waals surface area contributed by atoms with Crippen molar-refractivity contribution < 1.29 is 4.74 Å². The van der Waals surface area contributed by atoms with Gasteiger partial charge in [0.15, 0.2) is 0 Å². The molecule has 0 aromatic heterocycles. The van der Waals surface area contributed by atoms with E-state index < -0.39 is 0 Å². The molecule has 1 saturated heterocycles. The van der Waals surface area contributed by atoms with Gasteiger partial charge in [-0.25, -0.2) is 0 Å². The summed E-state index contributed by atoms with van der Waals surface area (Å²) in [5, 5.41) is 4.19. The van der Waals surface area contributed by atoms with E-state index in [0.29, 0.717) is 0 Å². The summed E-state index contributed by atoms with van der Waals surface area (Å²) in [4.78, 5) is 2.52. The second-order valence-electron chi connectivity index (χ2n) is 5.44. The molecule has 0 bridgehead atoms. The third-order valence-electron chi connectivity index (χ3n) is 4.01. The lowest BCUT2D eigenvalue weighted by atomic mass is 10.1. The molecule has 0 atom stereocenters. The lowest BCUT2D eigenvalue weighted by molar-refractivity contribution is 0.226. The Morgan fingerprint density at radius 1 is 1.15 bits per heavy atom. The number of benzene rings is 1. The molecule has 0 saturated carbocycles. The van der Waals surface area contributed by atoms with Gasteiger partial charge in [0.05, 0.1) is 6.61 Å². The molecule has 0 radical (unpaired) electrons. The second-order valence-corrected chi connectivity index (χ2v) is 5.85. The van der Waals surface area contributed by atoms with Crippen LogP contribution in [0.3, 0.4) is 0 Å². The minimum absolute atomic E-state index is 0.786. The molecule has 112 valence electrons. The highest BCUT2D eigenvalue weighted by atomic mass is 35.5. The Morgan fingerprint density at radius 2 is 1.90 bits per heavy atom. The summed E-state index contributed by atoms with van der Waals surface area (Å²) in [7, 11) is 0. The number of hydrogen-bond acceptors (Lipinski definition) is 3. The molecule has 1 aliphatic rings. The van der Waals surface area contributed by atoms with Gasteiger partial charge in [0.25, 0.3) is 0 Å². The largest absolute Gasteiger partial charge is 0.493 e. The summed E-state index contributed by atoms with van der Waals surface area (Å²) in [6, 6.07) is 3.89. The average molecular weight is 297 g/mol. The van der Waals surface area contributed by atoms with Crippen molar-refractivity contribution in [3.63, 3.8) is 0 Å². The molecule has 1 aromatic carbocycles. The quantitative estimate of drug-likeness (QED) is 0.817. The Morgan fingerprint density at radius 3 is 2.65 bits per heavy atom. The van der Waals surface area contributed by atoms with Gasteiger partial charge in [0.2, 0.25) is 0 Å². The van der Waals surface area contributed by atoms with Gasteiger partial charge in [-0.15, -0.1) is 0 Å². The van der Waals surface area contributed by atoms with Crippen LogP contribution < -0.4 is 10.1 Å². The maximum Gasteiger partial charge on any atom is 0.122 e. The predicted octanol–water partition coefficient (Wildman–Crippen LogP) is 3.02. The second kappa shape index (κ2) is 7.87. The van der Waals surface area contributed by atoms with E-state index in [9.17, 15) is 0 Å². The molecule has 0 unspecified atom stereocenters. The van der Waals surface area contributed by atoms with Gasteiger partial charge in [-0.2, -0.15) is 0 Å². The molecule has 1 aliphatic heterocycles. The summed E-state index contributed by atoms with van der Waals surface area (Å²) >= 11 is 6.09. The first-order valence-electron chi connectivity index (χ1n) is 7.50. The van der Waals surface area contributed by atoms with Gasteiger partial charge in [0, 0.05) is 31.2 Å². The van der Waals surface area contributed by atoms with Gasteiger partial charge in [-0.05, 0) is 56.5 Å². The summed E-state index contributed by atoms with van der Waals surface area (Å²) < 4.78 is 5.87. The highest BCUT2D eigenvalue weighted by molar-refractivity contribution is 6.31. The summed E-state index contributed by atoms with van der Waals surface area (Å²) in [5.41, 5.74) is 2.27. The van der Waals surface area contributed by atoms with Crippen molar-refractivity contribution in [2.45, 2.75) is 26.7 Å². The third-order valence-corrected chi connectivity index (χ3v) is 4.42. The summed E-state index contributed by atoms with van der Waals surface area (Å²) in [6.07, 6.45) is 2.30. The van der Waals surface area contributed by atoms with Crippen LogP contribution in [0.25, 0.3) is 0 Å². The van der Waals surface area contributed by atoms with Crippen molar-refractivity contribution in [1.82, 2.24) is 10.2 Å². The van der Waals surface area contributed by atoms with Gasteiger partial charge in [0.1, 0.15) is 5.75 Å². The SMILES string of the molecule is Cc1c(Cl)ccc(OCCCCN2CCNCC2)c1C. The molecule has 1 heterocycles. The molecular formula is C16H25ClN2O. The number of halogens is 1. The molecular weight excluding hydrogens is 272 g/mol. The van der Waals surface area contributed by atoms with Gasteiger partial charge >= 0.3 is 0 Å². The number of piperazine rings is 1. The maximum absolute atomic E-state index is 6.09. The van der Waals surface area contributed by atoms with Crippen LogP contribution in [0.4, 0.5) is 0 Å². The minimum Gasteiger partial charge on any atom is -0.493 e. The van der Waals surface area contributed by atoms with Gasteiger partial charge in [-0.1, -0.05) is 11.6 Å². The number of nitrogens with one attached hydrogen (secondary N) is 1. The Hall–Kier alpha value is -0.770. The fourth-order valence-corrected chi connectivity index (χ4v) is 2.68. The van der Waals surface area contributed by atoms with Crippen LogP contribution in [0.1, 0.15) is 24.0 Å². The molecule has 0 spiro atoms. The lowest BCUT2D eigenvalue weighted by Gasteiger charge is -2.27. The number of ether oxygens (including phenoxy) is 1. The summed E-state index contributed by atoms with van der Waals surface area (Å²) in [5.74, 6) is 0.967.